The minimum atomic E-state index is -0.396. The van der Waals surface area contributed by atoms with E-state index in [0.29, 0.717) is 23.0 Å². The molecule has 0 amide bonds. The molecule has 3 aromatic carbocycles. The molecule has 0 unspecified atom stereocenters. The van der Waals surface area contributed by atoms with Crippen LogP contribution in [0.25, 0.3) is 22.4 Å². The molecule has 0 fully saturated rings. The minimum Gasteiger partial charge on any atom is -0.323 e. The molecular formula is C21H16ClN3O2. The van der Waals surface area contributed by atoms with Gasteiger partial charge in [0.2, 0.25) is 0 Å². The normalized spacial score (nSPS) is 11.0. The molecule has 0 aliphatic heterocycles. The lowest BCUT2D eigenvalue weighted by Crippen LogP contribution is -2.05. The zero-order chi connectivity index (χ0) is 18.8. The van der Waals surface area contributed by atoms with Crippen LogP contribution in [0.5, 0.6) is 0 Å². The van der Waals surface area contributed by atoms with Crippen molar-refractivity contribution >= 4 is 28.3 Å². The first kappa shape index (κ1) is 17.2. The van der Waals surface area contributed by atoms with Crippen LogP contribution < -0.4 is 0 Å². The second kappa shape index (κ2) is 7.21. The quantitative estimate of drug-likeness (QED) is 0.340. The van der Waals surface area contributed by atoms with Gasteiger partial charge in [-0.2, -0.15) is 0 Å². The van der Waals surface area contributed by atoms with Crippen molar-refractivity contribution in [2.24, 2.45) is 0 Å². The standard InChI is InChI=1S/C21H16ClN3O2/c22-16-10-11-19(25(26)27)17(14-16)21-23-18-8-4-5-9-20(18)24(21)13-12-15-6-2-1-3-7-15/h1-11,14H,12-13H2. The Kier molecular flexibility index (Phi) is 4.60. The molecule has 0 aliphatic rings. The van der Waals surface area contributed by atoms with Gasteiger partial charge in [-0.3, -0.25) is 10.1 Å². The SMILES string of the molecule is O=[N+]([O-])c1ccc(Cl)cc1-c1nc2ccccc2n1CCc1ccccc1. The lowest BCUT2D eigenvalue weighted by Gasteiger charge is -2.10. The maximum absolute atomic E-state index is 11.5. The van der Waals surface area contributed by atoms with Crippen LogP contribution in [-0.4, -0.2) is 14.5 Å². The van der Waals surface area contributed by atoms with E-state index in [-0.39, 0.29) is 5.69 Å². The number of para-hydroxylation sites is 2. The molecule has 0 N–H and O–H groups in total. The van der Waals surface area contributed by atoms with E-state index < -0.39 is 4.92 Å². The van der Waals surface area contributed by atoms with Crippen LogP contribution in [0.1, 0.15) is 5.56 Å². The van der Waals surface area contributed by atoms with Crippen LogP contribution in [0.2, 0.25) is 5.02 Å². The highest BCUT2D eigenvalue weighted by molar-refractivity contribution is 6.31. The lowest BCUT2D eigenvalue weighted by molar-refractivity contribution is -0.384. The fraction of sp³-hybridized carbons (Fsp3) is 0.0952. The first-order valence-corrected chi connectivity index (χ1v) is 8.95. The Labute approximate surface area is 161 Å². The van der Waals surface area contributed by atoms with Crippen molar-refractivity contribution in [2.45, 2.75) is 13.0 Å². The van der Waals surface area contributed by atoms with E-state index in [0.717, 1.165) is 17.5 Å². The summed E-state index contributed by atoms with van der Waals surface area (Å²) in [7, 11) is 0. The maximum Gasteiger partial charge on any atom is 0.280 e. The third kappa shape index (κ3) is 3.41. The topological polar surface area (TPSA) is 61.0 Å². The van der Waals surface area contributed by atoms with Crippen molar-refractivity contribution in [2.75, 3.05) is 0 Å². The monoisotopic (exact) mass is 377 g/mol. The second-order valence-corrected chi connectivity index (χ2v) is 6.67. The summed E-state index contributed by atoms with van der Waals surface area (Å²) in [5.74, 6) is 0.557. The van der Waals surface area contributed by atoms with Crippen molar-refractivity contribution in [3.8, 4) is 11.4 Å². The molecule has 4 aromatic rings. The van der Waals surface area contributed by atoms with Crippen molar-refractivity contribution in [3.63, 3.8) is 0 Å². The van der Waals surface area contributed by atoms with Crippen LogP contribution in [0.15, 0.2) is 72.8 Å². The molecule has 0 aliphatic carbocycles. The van der Waals surface area contributed by atoms with Gasteiger partial charge in [-0.05, 0) is 36.2 Å². The van der Waals surface area contributed by atoms with Crippen LogP contribution in [0.4, 0.5) is 5.69 Å². The van der Waals surface area contributed by atoms with Crippen molar-refractivity contribution in [1.82, 2.24) is 9.55 Å². The molecule has 0 radical (unpaired) electrons. The predicted molar refractivity (Wildman–Crippen MR) is 107 cm³/mol. The fourth-order valence-electron chi connectivity index (χ4n) is 3.24. The summed E-state index contributed by atoms with van der Waals surface area (Å²) in [5.41, 5.74) is 3.36. The Balaban J connectivity index is 1.86. The zero-order valence-electron chi connectivity index (χ0n) is 14.4. The van der Waals surface area contributed by atoms with E-state index in [4.69, 9.17) is 11.6 Å². The van der Waals surface area contributed by atoms with Gasteiger partial charge in [0.25, 0.3) is 5.69 Å². The summed E-state index contributed by atoms with van der Waals surface area (Å²) >= 11 is 6.14. The highest BCUT2D eigenvalue weighted by Gasteiger charge is 2.21. The molecule has 134 valence electrons. The smallest absolute Gasteiger partial charge is 0.280 e. The predicted octanol–water partition coefficient (Wildman–Crippen LogP) is 5.51. The molecule has 4 rings (SSSR count). The van der Waals surface area contributed by atoms with Crippen molar-refractivity contribution in [1.29, 1.82) is 0 Å². The zero-order valence-corrected chi connectivity index (χ0v) is 15.1. The molecule has 0 bridgehead atoms. The van der Waals surface area contributed by atoms with Gasteiger partial charge in [0.15, 0.2) is 0 Å². The minimum absolute atomic E-state index is 0.00401. The Morgan fingerprint density at radius 3 is 2.52 bits per heavy atom. The van der Waals surface area contributed by atoms with Gasteiger partial charge in [0.05, 0.1) is 21.5 Å². The molecule has 27 heavy (non-hydrogen) atoms. The highest BCUT2D eigenvalue weighted by Crippen LogP contribution is 2.34. The number of benzene rings is 3. The number of imidazole rings is 1. The molecule has 0 spiro atoms. The van der Waals surface area contributed by atoms with Crippen molar-refractivity contribution < 1.29 is 4.92 Å². The number of nitro groups is 1. The number of nitrogens with zero attached hydrogens (tertiary/aromatic N) is 3. The van der Waals surface area contributed by atoms with Gasteiger partial charge in [0.1, 0.15) is 5.82 Å². The Hall–Kier alpha value is -3.18. The average molecular weight is 378 g/mol. The number of aryl methyl sites for hydroxylation is 2. The van der Waals surface area contributed by atoms with Crippen LogP contribution >= 0.6 is 11.6 Å². The van der Waals surface area contributed by atoms with Crippen LogP contribution in [0, 0.1) is 10.1 Å². The molecule has 0 atom stereocenters. The largest absolute Gasteiger partial charge is 0.323 e. The first-order valence-electron chi connectivity index (χ1n) is 8.57. The number of fused-ring (bicyclic) bond motifs is 1. The summed E-state index contributed by atoms with van der Waals surface area (Å²) in [5, 5.41) is 12.0. The third-order valence-electron chi connectivity index (χ3n) is 4.52. The molecule has 1 heterocycles. The molecule has 0 saturated heterocycles. The van der Waals surface area contributed by atoms with Gasteiger partial charge >= 0.3 is 0 Å². The van der Waals surface area contributed by atoms with Crippen molar-refractivity contribution in [3.05, 3.63) is 93.5 Å². The molecular weight excluding hydrogens is 362 g/mol. The Morgan fingerprint density at radius 2 is 1.74 bits per heavy atom. The molecule has 0 saturated carbocycles. The maximum atomic E-state index is 11.5. The van der Waals surface area contributed by atoms with Gasteiger partial charge in [-0.25, -0.2) is 4.98 Å². The van der Waals surface area contributed by atoms with E-state index in [2.05, 4.69) is 17.1 Å². The summed E-state index contributed by atoms with van der Waals surface area (Å²) in [6.45, 7) is 0.656. The first-order chi connectivity index (χ1) is 13.1. The number of hydrogen-bond acceptors (Lipinski definition) is 3. The van der Waals surface area contributed by atoms with Gasteiger partial charge in [0, 0.05) is 17.6 Å². The summed E-state index contributed by atoms with van der Waals surface area (Å²) in [4.78, 5) is 15.8. The van der Waals surface area contributed by atoms with Crippen LogP contribution in [-0.2, 0) is 13.0 Å². The average Bonchev–Trinajstić information content (AvgIpc) is 3.05. The van der Waals surface area contributed by atoms with Gasteiger partial charge in [-0.1, -0.05) is 54.1 Å². The van der Waals surface area contributed by atoms with E-state index in [1.54, 1.807) is 6.07 Å². The number of aromatic nitrogens is 2. The number of hydrogen-bond donors (Lipinski definition) is 0. The summed E-state index contributed by atoms with van der Waals surface area (Å²) in [6, 6.07) is 22.4. The Morgan fingerprint density at radius 1 is 1.00 bits per heavy atom. The summed E-state index contributed by atoms with van der Waals surface area (Å²) < 4.78 is 2.03. The molecule has 6 heteroatoms. The second-order valence-electron chi connectivity index (χ2n) is 6.23. The van der Waals surface area contributed by atoms with Gasteiger partial charge in [-0.15, -0.1) is 0 Å². The number of halogens is 1. The Bertz CT molecular complexity index is 1120. The van der Waals surface area contributed by atoms with Crippen LogP contribution in [0.3, 0.4) is 0 Å². The number of nitro benzene ring substituents is 1. The fourth-order valence-corrected chi connectivity index (χ4v) is 3.41. The molecule has 5 nitrogen and oxygen atoms in total. The van der Waals surface area contributed by atoms with E-state index in [9.17, 15) is 10.1 Å². The summed E-state index contributed by atoms with van der Waals surface area (Å²) in [6.07, 6.45) is 0.794. The third-order valence-corrected chi connectivity index (χ3v) is 4.75. The molecule has 1 aromatic heterocycles. The highest BCUT2D eigenvalue weighted by atomic mass is 35.5. The van der Waals surface area contributed by atoms with Gasteiger partial charge < -0.3 is 4.57 Å². The van der Waals surface area contributed by atoms with E-state index in [1.165, 1.54) is 17.7 Å². The lowest BCUT2D eigenvalue weighted by atomic mass is 10.1. The van der Waals surface area contributed by atoms with E-state index >= 15 is 0 Å². The van der Waals surface area contributed by atoms with E-state index in [1.807, 2.05) is 47.0 Å². The number of rotatable bonds is 5.